The van der Waals surface area contributed by atoms with Crippen LogP contribution in [0.15, 0.2) is 6.20 Å². The Bertz CT molecular complexity index is 466. The number of aromatic nitrogens is 5. The van der Waals surface area contributed by atoms with Crippen LogP contribution in [0.3, 0.4) is 0 Å². The first-order valence-corrected chi connectivity index (χ1v) is 4.25. The molecule has 0 radical (unpaired) electrons. The van der Waals surface area contributed by atoms with E-state index in [4.69, 9.17) is 5.73 Å². The maximum atomic E-state index is 5.79. The van der Waals surface area contributed by atoms with Crippen molar-refractivity contribution in [2.75, 3.05) is 5.73 Å². The monoisotopic (exact) mass is 192 g/mol. The highest BCUT2D eigenvalue weighted by Gasteiger charge is 2.13. The zero-order valence-electron chi connectivity index (χ0n) is 8.39. The second kappa shape index (κ2) is 2.83. The van der Waals surface area contributed by atoms with Crippen molar-refractivity contribution < 1.29 is 0 Å². The summed E-state index contributed by atoms with van der Waals surface area (Å²) in [5.74, 6) is 0.658. The van der Waals surface area contributed by atoms with Crippen LogP contribution in [0.4, 0.5) is 5.82 Å². The molecule has 0 atom stereocenters. The van der Waals surface area contributed by atoms with Gasteiger partial charge in [-0.05, 0) is 6.92 Å². The van der Waals surface area contributed by atoms with Crippen molar-refractivity contribution in [1.82, 2.24) is 24.8 Å². The zero-order valence-corrected chi connectivity index (χ0v) is 8.39. The average molecular weight is 192 g/mol. The van der Waals surface area contributed by atoms with Crippen LogP contribution in [0.5, 0.6) is 0 Å². The Kier molecular flexibility index (Phi) is 1.77. The fourth-order valence-corrected chi connectivity index (χ4v) is 1.34. The van der Waals surface area contributed by atoms with Gasteiger partial charge < -0.3 is 5.73 Å². The second-order valence-electron chi connectivity index (χ2n) is 3.20. The number of aryl methyl sites for hydroxylation is 2. The van der Waals surface area contributed by atoms with Crippen molar-refractivity contribution in [2.45, 2.75) is 6.92 Å². The molecule has 2 heterocycles. The second-order valence-corrected chi connectivity index (χ2v) is 3.20. The van der Waals surface area contributed by atoms with Crippen molar-refractivity contribution in [3.05, 3.63) is 11.8 Å². The van der Waals surface area contributed by atoms with Crippen molar-refractivity contribution in [2.24, 2.45) is 14.1 Å². The third kappa shape index (κ3) is 1.15. The molecule has 2 aromatic heterocycles. The Balaban J connectivity index is 2.57. The molecule has 6 nitrogen and oxygen atoms in total. The molecule has 6 heteroatoms. The molecule has 0 bridgehead atoms. The van der Waals surface area contributed by atoms with E-state index in [-0.39, 0.29) is 0 Å². The predicted molar refractivity (Wildman–Crippen MR) is 52.4 cm³/mol. The summed E-state index contributed by atoms with van der Waals surface area (Å²) in [5, 5.41) is 12.4. The highest BCUT2D eigenvalue weighted by molar-refractivity contribution is 5.63. The molecular formula is C8H12N6. The van der Waals surface area contributed by atoms with E-state index in [1.54, 1.807) is 17.9 Å². The number of nitrogens with two attached hydrogens (primary N) is 1. The first-order valence-electron chi connectivity index (χ1n) is 4.25. The van der Waals surface area contributed by atoms with Crippen molar-refractivity contribution in [3.63, 3.8) is 0 Å². The van der Waals surface area contributed by atoms with E-state index < -0.39 is 0 Å². The Morgan fingerprint density at radius 1 is 1.29 bits per heavy atom. The number of nitrogen functional groups attached to an aromatic ring is 1. The third-order valence-electron chi connectivity index (χ3n) is 2.18. The van der Waals surface area contributed by atoms with Crippen molar-refractivity contribution in [1.29, 1.82) is 0 Å². The largest absolute Gasteiger partial charge is 0.384 e. The van der Waals surface area contributed by atoms with E-state index in [1.165, 1.54) is 4.80 Å². The molecule has 0 unspecified atom stereocenters. The van der Waals surface area contributed by atoms with Gasteiger partial charge in [0.25, 0.3) is 0 Å². The highest BCUT2D eigenvalue weighted by Crippen LogP contribution is 2.22. The number of rotatable bonds is 1. The molecule has 2 N–H and O–H groups in total. The molecule has 0 fully saturated rings. The molecule has 0 aliphatic heterocycles. The summed E-state index contributed by atoms with van der Waals surface area (Å²) in [4.78, 5) is 1.50. The summed E-state index contributed by atoms with van der Waals surface area (Å²) >= 11 is 0. The topological polar surface area (TPSA) is 74.5 Å². The summed E-state index contributed by atoms with van der Waals surface area (Å²) in [5.41, 5.74) is 8.27. The number of hydrogen-bond donors (Lipinski definition) is 1. The van der Waals surface area contributed by atoms with Gasteiger partial charge in [-0.3, -0.25) is 4.68 Å². The molecule has 0 aromatic carbocycles. The lowest BCUT2D eigenvalue weighted by molar-refractivity contribution is 0.654. The van der Waals surface area contributed by atoms with Gasteiger partial charge in [0, 0.05) is 19.7 Å². The molecule has 0 aliphatic rings. The third-order valence-corrected chi connectivity index (χ3v) is 2.18. The number of anilines is 1. The van der Waals surface area contributed by atoms with Crippen LogP contribution < -0.4 is 5.73 Å². The maximum Gasteiger partial charge on any atom is 0.133 e. The molecule has 0 spiro atoms. The Morgan fingerprint density at radius 3 is 2.43 bits per heavy atom. The van der Waals surface area contributed by atoms with Crippen LogP contribution >= 0.6 is 0 Å². The van der Waals surface area contributed by atoms with Crippen molar-refractivity contribution >= 4 is 5.82 Å². The highest BCUT2D eigenvalue weighted by atomic mass is 15.5. The van der Waals surface area contributed by atoms with Gasteiger partial charge in [0.05, 0.1) is 6.20 Å². The Hall–Kier alpha value is -1.85. The molecule has 2 aromatic rings. The van der Waals surface area contributed by atoms with E-state index in [1.807, 2.05) is 14.0 Å². The van der Waals surface area contributed by atoms with E-state index in [0.29, 0.717) is 5.82 Å². The molecule has 74 valence electrons. The van der Waals surface area contributed by atoms with Crippen molar-refractivity contribution in [3.8, 4) is 11.4 Å². The van der Waals surface area contributed by atoms with E-state index in [9.17, 15) is 0 Å². The lowest BCUT2D eigenvalue weighted by Gasteiger charge is -1.91. The molecule has 0 saturated carbocycles. The van der Waals surface area contributed by atoms with Crippen LogP contribution in [-0.4, -0.2) is 24.8 Å². The lowest BCUT2D eigenvalue weighted by atomic mass is 10.2. The van der Waals surface area contributed by atoms with Gasteiger partial charge in [-0.2, -0.15) is 20.1 Å². The SMILES string of the molecule is Cc1c(-c2cnn(C)n2)nn(C)c1N. The van der Waals surface area contributed by atoms with Gasteiger partial charge in [-0.1, -0.05) is 0 Å². The first-order chi connectivity index (χ1) is 6.59. The normalized spacial score (nSPS) is 10.8. The fourth-order valence-electron chi connectivity index (χ4n) is 1.34. The summed E-state index contributed by atoms with van der Waals surface area (Å²) < 4.78 is 1.64. The van der Waals surface area contributed by atoms with Crippen LogP contribution in [-0.2, 0) is 14.1 Å². The first kappa shape index (κ1) is 8.74. The van der Waals surface area contributed by atoms with Crippen LogP contribution in [0.1, 0.15) is 5.56 Å². The summed E-state index contributed by atoms with van der Waals surface area (Å²) in [7, 11) is 3.58. The van der Waals surface area contributed by atoms with Gasteiger partial charge in [-0.25, -0.2) is 0 Å². The van der Waals surface area contributed by atoms with Gasteiger partial charge >= 0.3 is 0 Å². The molecule has 0 amide bonds. The minimum atomic E-state index is 0.658. The Morgan fingerprint density at radius 2 is 2.00 bits per heavy atom. The molecule has 2 rings (SSSR count). The van der Waals surface area contributed by atoms with Gasteiger partial charge in [0.1, 0.15) is 17.2 Å². The summed E-state index contributed by atoms with van der Waals surface area (Å²) in [6.45, 7) is 1.92. The Labute approximate surface area is 81.3 Å². The zero-order chi connectivity index (χ0) is 10.3. The van der Waals surface area contributed by atoms with E-state index in [2.05, 4.69) is 15.3 Å². The average Bonchev–Trinajstić information content (AvgIpc) is 2.66. The molecule has 14 heavy (non-hydrogen) atoms. The lowest BCUT2D eigenvalue weighted by Crippen LogP contribution is -1.97. The molecule has 0 saturated heterocycles. The molecule has 0 aliphatic carbocycles. The fraction of sp³-hybridized carbons (Fsp3) is 0.375. The van der Waals surface area contributed by atoms with Gasteiger partial charge in [0.15, 0.2) is 0 Å². The van der Waals surface area contributed by atoms with Crippen LogP contribution in [0, 0.1) is 6.92 Å². The quantitative estimate of drug-likeness (QED) is 0.695. The minimum absolute atomic E-state index is 0.658. The smallest absolute Gasteiger partial charge is 0.133 e. The van der Waals surface area contributed by atoms with Crippen LogP contribution in [0.2, 0.25) is 0 Å². The van der Waals surface area contributed by atoms with E-state index in [0.717, 1.165) is 17.0 Å². The number of nitrogens with zero attached hydrogens (tertiary/aromatic N) is 5. The number of hydrogen-bond acceptors (Lipinski definition) is 4. The van der Waals surface area contributed by atoms with Crippen LogP contribution in [0.25, 0.3) is 11.4 Å². The minimum Gasteiger partial charge on any atom is -0.384 e. The molecular weight excluding hydrogens is 180 g/mol. The maximum absolute atomic E-state index is 5.79. The standard InChI is InChI=1S/C8H12N6/c1-5-7(12-13(2)8(5)9)6-4-10-14(3)11-6/h4H,9H2,1-3H3. The van der Waals surface area contributed by atoms with Gasteiger partial charge in [0.2, 0.25) is 0 Å². The predicted octanol–water partition coefficient (Wildman–Crippen LogP) is 0.106. The summed E-state index contributed by atoms with van der Waals surface area (Å²) in [6, 6.07) is 0. The van der Waals surface area contributed by atoms with Gasteiger partial charge in [-0.15, -0.1) is 0 Å². The van der Waals surface area contributed by atoms with E-state index >= 15 is 0 Å². The summed E-state index contributed by atoms with van der Waals surface area (Å²) in [6.07, 6.45) is 1.68.